The van der Waals surface area contributed by atoms with Crippen molar-refractivity contribution in [3.8, 4) is 0 Å². The third-order valence-corrected chi connectivity index (χ3v) is 4.30. The molecular weight excluding hydrogens is 315 g/mol. The molecule has 3 rings (SSSR count). The second-order valence-electron chi connectivity index (χ2n) is 6.02. The van der Waals surface area contributed by atoms with Crippen LogP contribution in [0.5, 0.6) is 0 Å². The number of fused-ring (bicyclic) bond motifs is 1. The van der Waals surface area contributed by atoms with Crippen molar-refractivity contribution in [3.63, 3.8) is 0 Å². The summed E-state index contributed by atoms with van der Waals surface area (Å²) in [6, 6.07) is 3.25. The predicted molar refractivity (Wildman–Crippen MR) is 85.1 cm³/mol. The monoisotopic (exact) mass is 334 g/mol. The molecule has 24 heavy (non-hydrogen) atoms. The number of carboxylic acids is 1. The lowest BCUT2D eigenvalue weighted by molar-refractivity contribution is -0.143. The molecule has 2 atom stereocenters. The van der Waals surface area contributed by atoms with E-state index in [1.165, 1.54) is 12.1 Å². The molecule has 3 N–H and O–H groups in total. The van der Waals surface area contributed by atoms with Crippen LogP contribution in [-0.4, -0.2) is 41.2 Å². The molecule has 1 aromatic heterocycles. The summed E-state index contributed by atoms with van der Waals surface area (Å²) in [4.78, 5) is 26.7. The summed E-state index contributed by atoms with van der Waals surface area (Å²) in [5.74, 6) is -2.07. The molecule has 6 nitrogen and oxygen atoms in total. The van der Waals surface area contributed by atoms with E-state index in [-0.39, 0.29) is 24.1 Å². The largest absolute Gasteiger partial charge is 0.480 e. The zero-order valence-electron chi connectivity index (χ0n) is 13.0. The van der Waals surface area contributed by atoms with Crippen LogP contribution in [0.25, 0.3) is 10.9 Å². The Bertz CT molecular complexity index is 752. The van der Waals surface area contributed by atoms with Crippen molar-refractivity contribution in [3.05, 3.63) is 35.8 Å². The molecule has 0 saturated carbocycles. The molecule has 7 heteroatoms. The fourth-order valence-corrected chi connectivity index (χ4v) is 2.98. The average molecular weight is 334 g/mol. The molecule has 128 valence electrons. The predicted octanol–water partition coefficient (Wildman–Crippen LogP) is 1.85. The Labute approximate surface area is 138 Å². The number of amides is 1. The molecule has 1 fully saturated rings. The fourth-order valence-electron chi connectivity index (χ4n) is 2.98. The number of aromatic amines is 1. The Kier molecular flexibility index (Phi) is 4.80. The first-order chi connectivity index (χ1) is 11.5. The lowest BCUT2D eigenvalue weighted by Crippen LogP contribution is -2.46. The molecule has 1 aromatic carbocycles. The molecule has 0 radical (unpaired) electrons. The number of aliphatic carboxylic acids is 1. The highest BCUT2D eigenvalue weighted by Crippen LogP contribution is 2.21. The van der Waals surface area contributed by atoms with E-state index < -0.39 is 12.0 Å². The Morgan fingerprint density at radius 3 is 3.00 bits per heavy atom. The second-order valence-corrected chi connectivity index (χ2v) is 6.02. The van der Waals surface area contributed by atoms with Gasteiger partial charge in [-0.25, -0.2) is 9.18 Å². The normalized spacial score (nSPS) is 19.1. The zero-order valence-corrected chi connectivity index (χ0v) is 13.0. The van der Waals surface area contributed by atoms with Crippen molar-refractivity contribution in [2.24, 2.45) is 5.92 Å². The number of rotatable bonds is 5. The van der Waals surface area contributed by atoms with Crippen LogP contribution >= 0.6 is 0 Å². The molecule has 1 amide bonds. The summed E-state index contributed by atoms with van der Waals surface area (Å²) < 4.78 is 18.5. The molecule has 0 unspecified atom stereocenters. The Morgan fingerprint density at radius 1 is 1.46 bits per heavy atom. The van der Waals surface area contributed by atoms with Gasteiger partial charge in [-0.05, 0) is 36.6 Å². The van der Waals surface area contributed by atoms with E-state index in [1.807, 2.05) is 0 Å². The first kappa shape index (κ1) is 16.4. The number of benzene rings is 1. The van der Waals surface area contributed by atoms with Crippen molar-refractivity contribution >= 4 is 22.8 Å². The number of carbonyl (C=O) groups is 2. The summed E-state index contributed by atoms with van der Waals surface area (Å²) in [7, 11) is 0. The molecule has 0 spiro atoms. The first-order valence-electron chi connectivity index (χ1n) is 7.91. The number of nitrogens with one attached hydrogen (secondary N) is 2. The molecule has 0 aliphatic carbocycles. The van der Waals surface area contributed by atoms with Gasteiger partial charge in [0.05, 0.1) is 12.5 Å². The third kappa shape index (κ3) is 3.56. The van der Waals surface area contributed by atoms with Crippen LogP contribution in [-0.2, 0) is 20.7 Å². The van der Waals surface area contributed by atoms with Crippen LogP contribution in [0.1, 0.15) is 18.4 Å². The van der Waals surface area contributed by atoms with Gasteiger partial charge < -0.3 is 20.1 Å². The lowest BCUT2D eigenvalue weighted by atomic mass is 9.99. The number of aromatic nitrogens is 1. The summed E-state index contributed by atoms with van der Waals surface area (Å²) in [6.45, 7) is 0.961. The number of carboxylic acid groups (broad SMARTS) is 1. The minimum atomic E-state index is -1.10. The van der Waals surface area contributed by atoms with E-state index >= 15 is 0 Å². The van der Waals surface area contributed by atoms with Gasteiger partial charge in [0, 0.05) is 30.1 Å². The number of ether oxygens (including phenoxy) is 1. The average Bonchev–Trinajstić information content (AvgIpc) is 2.96. The van der Waals surface area contributed by atoms with Gasteiger partial charge in [0.15, 0.2) is 0 Å². The van der Waals surface area contributed by atoms with E-state index in [0.717, 1.165) is 17.4 Å². The highest BCUT2D eigenvalue weighted by atomic mass is 19.1. The Balaban J connectivity index is 1.73. The number of hydrogen-bond acceptors (Lipinski definition) is 3. The van der Waals surface area contributed by atoms with Crippen molar-refractivity contribution in [1.29, 1.82) is 0 Å². The Hall–Kier alpha value is -2.41. The van der Waals surface area contributed by atoms with Gasteiger partial charge in [-0.3, -0.25) is 4.79 Å². The quantitative estimate of drug-likeness (QED) is 0.778. The third-order valence-electron chi connectivity index (χ3n) is 4.30. The first-order valence-corrected chi connectivity index (χ1v) is 7.91. The van der Waals surface area contributed by atoms with Crippen LogP contribution in [0.3, 0.4) is 0 Å². The van der Waals surface area contributed by atoms with Gasteiger partial charge in [-0.1, -0.05) is 0 Å². The highest BCUT2D eigenvalue weighted by molar-refractivity contribution is 5.87. The zero-order chi connectivity index (χ0) is 17.1. The maximum Gasteiger partial charge on any atom is 0.326 e. The molecule has 2 aromatic rings. The van der Waals surface area contributed by atoms with Gasteiger partial charge in [0.1, 0.15) is 11.9 Å². The van der Waals surface area contributed by atoms with Gasteiger partial charge in [-0.2, -0.15) is 0 Å². The Morgan fingerprint density at radius 2 is 2.29 bits per heavy atom. The number of H-pyrrole nitrogens is 1. The van der Waals surface area contributed by atoms with E-state index in [0.29, 0.717) is 25.2 Å². The van der Waals surface area contributed by atoms with Crippen molar-refractivity contribution in [1.82, 2.24) is 10.3 Å². The van der Waals surface area contributed by atoms with Gasteiger partial charge >= 0.3 is 5.97 Å². The topological polar surface area (TPSA) is 91.4 Å². The molecule has 1 saturated heterocycles. The number of carbonyl (C=O) groups excluding carboxylic acids is 1. The molecule has 2 heterocycles. The smallest absolute Gasteiger partial charge is 0.326 e. The van der Waals surface area contributed by atoms with E-state index in [9.17, 15) is 19.1 Å². The van der Waals surface area contributed by atoms with Crippen LogP contribution in [0.15, 0.2) is 24.4 Å². The van der Waals surface area contributed by atoms with Crippen molar-refractivity contribution in [2.45, 2.75) is 25.3 Å². The summed E-state index contributed by atoms with van der Waals surface area (Å²) in [5.41, 5.74) is 1.32. The summed E-state index contributed by atoms with van der Waals surface area (Å²) in [6.07, 6.45) is 3.27. The van der Waals surface area contributed by atoms with Gasteiger partial charge in [0.2, 0.25) is 5.91 Å². The molecule has 1 aliphatic heterocycles. The van der Waals surface area contributed by atoms with Crippen molar-refractivity contribution < 1.29 is 23.8 Å². The van der Waals surface area contributed by atoms with Crippen molar-refractivity contribution in [2.75, 3.05) is 13.2 Å². The van der Waals surface area contributed by atoms with Gasteiger partial charge in [0.25, 0.3) is 0 Å². The highest BCUT2D eigenvalue weighted by Gasteiger charge is 2.27. The maximum atomic E-state index is 13.2. The summed E-state index contributed by atoms with van der Waals surface area (Å²) in [5, 5.41) is 12.8. The minimum absolute atomic E-state index is 0.125. The molecule has 1 aliphatic rings. The van der Waals surface area contributed by atoms with E-state index in [2.05, 4.69) is 10.3 Å². The van der Waals surface area contributed by atoms with Gasteiger partial charge in [-0.15, -0.1) is 0 Å². The molecular formula is C17H19FN2O4. The fraction of sp³-hybridized carbons (Fsp3) is 0.412. The standard InChI is InChI=1S/C17H19FN2O4/c18-12-3-4-13-11(8-19-14(13)7-12)6-15(17(22)23)20-16(21)10-2-1-5-24-9-10/h3-4,7-8,10,15,19H,1-2,5-6,9H2,(H,20,21)(H,22,23)/t10-,15-/m0/s1. The van der Waals surface area contributed by atoms with Crippen LogP contribution < -0.4 is 5.32 Å². The van der Waals surface area contributed by atoms with Crippen LogP contribution in [0, 0.1) is 11.7 Å². The maximum absolute atomic E-state index is 13.2. The number of hydrogen-bond donors (Lipinski definition) is 3. The van der Waals surface area contributed by atoms with E-state index in [4.69, 9.17) is 4.74 Å². The minimum Gasteiger partial charge on any atom is -0.480 e. The number of halogens is 1. The summed E-state index contributed by atoms with van der Waals surface area (Å²) >= 11 is 0. The van der Waals surface area contributed by atoms with Crippen LogP contribution in [0.2, 0.25) is 0 Å². The second kappa shape index (κ2) is 7.00. The lowest BCUT2D eigenvalue weighted by Gasteiger charge is -2.23. The molecule has 0 bridgehead atoms. The van der Waals surface area contributed by atoms with Crippen LogP contribution in [0.4, 0.5) is 4.39 Å². The van der Waals surface area contributed by atoms with E-state index in [1.54, 1.807) is 12.3 Å². The SMILES string of the molecule is O=C(N[C@@H](Cc1c[nH]c2cc(F)ccc12)C(=O)O)[C@H]1CCCOC1.